The molecule has 0 bridgehead atoms. The largest absolute Gasteiger partial charge is 0.279 e. The van der Waals surface area contributed by atoms with E-state index in [1.807, 2.05) is 0 Å². The molecule has 0 amide bonds. The number of benzene rings is 1. The van der Waals surface area contributed by atoms with Gasteiger partial charge >= 0.3 is 0 Å². The van der Waals surface area contributed by atoms with Crippen LogP contribution in [0.5, 0.6) is 0 Å². The van der Waals surface area contributed by atoms with Crippen molar-refractivity contribution in [1.82, 2.24) is 4.98 Å². The molecular weight excluding hydrogens is 362 g/mol. The van der Waals surface area contributed by atoms with E-state index in [1.54, 1.807) is 6.92 Å². The summed E-state index contributed by atoms with van der Waals surface area (Å²) in [5, 5.41) is 10.8. The Labute approximate surface area is 129 Å². The summed E-state index contributed by atoms with van der Waals surface area (Å²) in [4.78, 5) is 13.9. The van der Waals surface area contributed by atoms with Gasteiger partial charge < -0.3 is 0 Å². The zero-order valence-electron chi connectivity index (χ0n) is 10.8. The summed E-state index contributed by atoms with van der Waals surface area (Å²) in [6, 6.07) is 5.36. The lowest BCUT2D eigenvalue weighted by Gasteiger charge is -2.10. The number of pyridine rings is 1. The van der Waals surface area contributed by atoms with Crippen LogP contribution in [0.2, 0.25) is 0 Å². The molecule has 1 heterocycles. The van der Waals surface area contributed by atoms with Crippen LogP contribution in [-0.2, 0) is 10.0 Å². The van der Waals surface area contributed by atoms with Gasteiger partial charge in [-0.1, -0.05) is 6.07 Å². The Morgan fingerprint density at radius 1 is 1.29 bits per heavy atom. The highest BCUT2D eigenvalue weighted by molar-refractivity contribution is 9.10. The second-order valence-corrected chi connectivity index (χ2v) is 6.80. The number of rotatable bonds is 4. The Bertz CT molecular complexity index is 808. The molecule has 1 N–H and O–H groups in total. The number of aryl methyl sites for hydroxylation is 1. The Morgan fingerprint density at radius 3 is 2.62 bits per heavy atom. The van der Waals surface area contributed by atoms with Crippen molar-refractivity contribution in [3.63, 3.8) is 0 Å². The minimum atomic E-state index is -3.87. The van der Waals surface area contributed by atoms with E-state index in [9.17, 15) is 18.5 Å². The first-order valence-electron chi connectivity index (χ1n) is 5.68. The van der Waals surface area contributed by atoms with Crippen LogP contribution in [0.3, 0.4) is 0 Å². The van der Waals surface area contributed by atoms with Crippen molar-refractivity contribution in [2.75, 3.05) is 4.72 Å². The smallest absolute Gasteiger partial charge is 0.271 e. The van der Waals surface area contributed by atoms with E-state index in [-0.39, 0.29) is 16.3 Å². The van der Waals surface area contributed by atoms with Gasteiger partial charge in [0.05, 0.1) is 10.6 Å². The number of sulfonamides is 1. The van der Waals surface area contributed by atoms with E-state index in [2.05, 4.69) is 25.6 Å². The molecule has 2 aromatic rings. The summed E-state index contributed by atoms with van der Waals surface area (Å²) in [7, 11) is -3.87. The van der Waals surface area contributed by atoms with Gasteiger partial charge in [0.1, 0.15) is 4.90 Å². The maximum atomic E-state index is 12.2. The van der Waals surface area contributed by atoms with Crippen LogP contribution in [0.25, 0.3) is 0 Å². The number of nitrogens with one attached hydrogen (secondary N) is 1. The molecule has 1 aromatic carbocycles. The van der Waals surface area contributed by atoms with Gasteiger partial charge in [-0.05, 0) is 34.5 Å². The lowest BCUT2D eigenvalue weighted by Crippen LogP contribution is -2.14. The first-order valence-corrected chi connectivity index (χ1v) is 7.95. The zero-order valence-corrected chi connectivity index (χ0v) is 13.2. The van der Waals surface area contributed by atoms with Crippen LogP contribution in [0.4, 0.5) is 11.4 Å². The van der Waals surface area contributed by atoms with Gasteiger partial charge in [-0.15, -0.1) is 0 Å². The van der Waals surface area contributed by atoms with Crippen molar-refractivity contribution in [2.45, 2.75) is 11.8 Å². The molecule has 0 spiro atoms. The van der Waals surface area contributed by atoms with Crippen molar-refractivity contribution in [1.29, 1.82) is 0 Å². The number of aromatic nitrogens is 1. The molecule has 0 fully saturated rings. The summed E-state index contributed by atoms with van der Waals surface area (Å²) in [6.07, 6.45) is 2.65. The fraction of sp³-hybridized carbons (Fsp3) is 0.0833. The minimum Gasteiger partial charge on any atom is -0.279 e. The first-order chi connectivity index (χ1) is 9.79. The number of hydrogen-bond acceptors (Lipinski definition) is 5. The minimum absolute atomic E-state index is 0.0391. The highest BCUT2D eigenvalue weighted by Crippen LogP contribution is 2.25. The van der Waals surface area contributed by atoms with E-state index >= 15 is 0 Å². The molecule has 0 unspecified atom stereocenters. The molecule has 9 heteroatoms. The lowest BCUT2D eigenvalue weighted by atomic mass is 10.2. The van der Waals surface area contributed by atoms with Crippen LogP contribution in [0.15, 0.2) is 46.0 Å². The number of anilines is 1. The highest BCUT2D eigenvalue weighted by Gasteiger charge is 2.18. The van der Waals surface area contributed by atoms with E-state index in [0.29, 0.717) is 10.0 Å². The average Bonchev–Trinajstić information content (AvgIpc) is 2.41. The summed E-state index contributed by atoms with van der Waals surface area (Å²) >= 11 is 3.14. The van der Waals surface area contributed by atoms with Gasteiger partial charge in [0.2, 0.25) is 0 Å². The van der Waals surface area contributed by atoms with Crippen molar-refractivity contribution in [3.8, 4) is 0 Å². The number of nitro groups is 1. The fourth-order valence-corrected chi connectivity index (χ4v) is 3.20. The molecule has 2 rings (SSSR count). The first kappa shape index (κ1) is 15.4. The van der Waals surface area contributed by atoms with Gasteiger partial charge in [-0.2, -0.15) is 0 Å². The molecule has 1 aromatic heterocycles. The number of nitro benzene ring substituents is 1. The van der Waals surface area contributed by atoms with Gasteiger partial charge in [-0.25, -0.2) is 8.42 Å². The fourth-order valence-electron chi connectivity index (χ4n) is 1.58. The Balaban J connectivity index is 2.41. The summed E-state index contributed by atoms with van der Waals surface area (Å²) in [6.45, 7) is 1.65. The van der Waals surface area contributed by atoms with Crippen molar-refractivity contribution in [3.05, 3.63) is 56.8 Å². The molecule has 0 saturated carbocycles. The monoisotopic (exact) mass is 371 g/mol. The van der Waals surface area contributed by atoms with Gasteiger partial charge in [-0.3, -0.25) is 19.8 Å². The van der Waals surface area contributed by atoms with Crippen molar-refractivity contribution < 1.29 is 13.3 Å². The standard InChI is InChI=1S/C12H10BrN3O4S/c1-8-2-3-10(16(17)18)5-12(8)15-21(19,20)11-4-9(13)6-14-7-11/h2-7,15H,1H3. The Kier molecular flexibility index (Phi) is 4.24. The molecule has 0 aliphatic heterocycles. The normalized spacial score (nSPS) is 11.1. The summed E-state index contributed by atoms with van der Waals surface area (Å²) in [5.41, 5.74) is 0.543. The third kappa shape index (κ3) is 3.56. The number of non-ortho nitro benzene ring substituents is 1. The Morgan fingerprint density at radius 2 is 2.00 bits per heavy atom. The van der Waals surface area contributed by atoms with Crippen LogP contribution >= 0.6 is 15.9 Å². The topological polar surface area (TPSA) is 102 Å². The van der Waals surface area contributed by atoms with Crippen LogP contribution < -0.4 is 4.72 Å². The second-order valence-electron chi connectivity index (χ2n) is 4.20. The molecule has 0 saturated heterocycles. The molecular formula is C12H10BrN3O4S. The number of hydrogen-bond donors (Lipinski definition) is 1. The quantitative estimate of drug-likeness (QED) is 0.657. The predicted molar refractivity (Wildman–Crippen MR) is 80.6 cm³/mol. The van der Waals surface area contributed by atoms with Gasteiger partial charge in [0, 0.05) is 29.0 Å². The van der Waals surface area contributed by atoms with Crippen LogP contribution in [0.1, 0.15) is 5.56 Å². The molecule has 0 radical (unpaired) electrons. The number of halogens is 1. The zero-order chi connectivity index (χ0) is 15.6. The SMILES string of the molecule is Cc1ccc([N+](=O)[O-])cc1NS(=O)(=O)c1cncc(Br)c1. The third-order valence-electron chi connectivity index (χ3n) is 2.67. The van der Waals surface area contributed by atoms with Crippen LogP contribution in [0, 0.1) is 17.0 Å². The molecule has 0 atom stereocenters. The third-order valence-corrected chi connectivity index (χ3v) is 4.43. The second kappa shape index (κ2) is 5.78. The average molecular weight is 372 g/mol. The van der Waals surface area contributed by atoms with E-state index in [0.717, 1.165) is 0 Å². The molecule has 21 heavy (non-hydrogen) atoms. The predicted octanol–water partition coefficient (Wildman–Crippen LogP) is 2.86. The maximum Gasteiger partial charge on any atom is 0.271 e. The maximum absolute atomic E-state index is 12.2. The summed E-state index contributed by atoms with van der Waals surface area (Å²) in [5.74, 6) is 0. The molecule has 7 nitrogen and oxygen atoms in total. The van der Waals surface area contributed by atoms with Crippen molar-refractivity contribution >= 4 is 37.3 Å². The van der Waals surface area contributed by atoms with E-state index in [4.69, 9.17) is 0 Å². The molecule has 0 aliphatic rings. The molecule has 110 valence electrons. The van der Waals surface area contributed by atoms with Gasteiger partial charge in [0.25, 0.3) is 15.7 Å². The van der Waals surface area contributed by atoms with Crippen LogP contribution in [-0.4, -0.2) is 18.3 Å². The lowest BCUT2D eigenvalue weighted by molar-refractivity contribution is -0.384. The van der Waals surface area contributed by atoms with E-state index in [1.165, 1.54) is 36.7 Å². The highest BCUT2D eigenvalue weighted by atomic mass is 79.9. The molecule has 0 aliphatic carbocycles. The Hall–Kier alpha value is -2.00. The van der Waals surface area contributed by atoms with Crippen molar-refractivity contribution in [2.24, 2.45) is 0 Å². The number of nitrogens with zero attached hydrogens (tertiary/aromatic N) is 2. The van der Waals surface area contributed by atoms with Gasteiger partial charge in [0.15, 0.2) is 0 Å². The summed E-state index contributed by atoms with van der Waals surface area (Å²) < 4.78 is 27.3. The van der Waals surface area contributed by atoms with E-state index < -0.39 is 14.9 Å².